The Balaban J connectivity index is 0.000000210. The molecule has 2 N–H and O–H groups in total. The second kappa shape index (κ2) is 18.6. The molecule has 2 atom stereocenters. The van der Waals surface area contributed by atoms with Crippen molar-refractivity contribution < 1.29 is 33.6 Å². The molecule has 46 heavy (non-hydrogen) atoms. The van der Waals surface area contributed by atoms with Gasteiger partial charge in [0.15, 0.2) is 0 Å². The highest BCUT2D eigenvalue weighted by Gasteiger charge is 2.28. The van der Waals surface area contributed by atoms with E-state index in [1.54, 1.807) is 4.90 Å². The SMILES string of the molecule is CC(C)(C)OC(=O)N1CCO[C@H](Cc2cccc(CO)c2)C1.c1ccc(OCCOCc2cccc(C[C@@H]3CNCCO3)c2)cc1. The first-order valence-corrected chi connectivity index (χ1v) is 16.2. The number of morpholine rings is 2. The van der Waals surface area contributed by atoms with Crippen molar-refractivity contribution in [3.63, 3.8) is 0 Å². The average Bonchev–Trinajstić information content (AvgIpc) is 3.05. The van der Waals surface area contributed by atoms with Gasteiger partial charge in [-0.05, 0) is 61.6 Å². The largest absolute Gasteiger partial charge is 0.491 e. The first kappa shape index (κ1) is 35.4. The van der Waals surface area contributed by atoms with Crippen molar-refractivity contribution in [2.24, 2.45) is 0 Å². The van der Waals surface area contributed by atoms with E-state index >= 15 is 0 Å². The fraction of sp³-hybridized carbons (Fsp3) is 0.486. The van der Waals surface area contributed by atoms with Crippen LogP contribution in [0.3, 0.4) is 0 Å². The van der Waals surface area contributed by atoms with Gasteiger partial charge in [0.25, 0.3) is 0 Å². The standard InChI is InChI=1S/C20H25NO3.C17H25NO4/c1-2-7-19(8-3-1)24-12-11-22-16-18-6-4-5-17(13-18)14-20-15-21-9-10-23-20;1-17(2,3)22-16(20)18-7-8-21-15(11-18)10-13-5-4-6-14(9-13)12-19/h1-8,13,20-21H,9-12,14-16H2;4-6,9,15,19H,7-8,10-12H2,1-3H3/t20-;15-/m11/s1. The van der Waals surface area contributed by atoms with E-state index in [-0.39, 0.29) is 24.9 Å². The second-order valence-corrected chi connectivity index (χ2v) is 12.5. The van der Waals surface area contributed by atoms with Gasteiger partial charge in [0.2, 0.25) is 0 Å². The van der Waals surface area contributed by atoms with Gasteiger partial charge in [-0.3, -0.25) is 0 Å². The molecule has 0 spiro atoms. The van der Waals surface area contributed by atoms with Crippen LogP contribution in [-0.4, -0.2) is 86.5 Å². The molecule has 0 aliphatic carbocycles. The fourth-order valence-corrected chi connectivity index (χ4v) is 5.24. The minimum absolute atomic E-state index is 0.0311. The van der Waals surface area contributed by atoms with Gasteiger partial charge in [-0.2, -0.15) is 0 Å². The third kappa shape index (κ3) is 13.1. The van der Waals surface area contributed by atoms with Gasteiger partial charge in [-0.15, -0.1) is 0 Å². The monoisotopic (exact) mass is 634 g/mol. The molecule has 0 saturated carbocycles. The summed E-state index contributed by atoms with van der Waals surface area (Å²) < 4.78 is 28.3. The normalized spacial score (nSPS) is 18.3. The smallest absolute Gasteiger partial charge is 0.410 e. The lowest BCUT2D eigenvalue weighted by Gasteiger charge is -2.34. The maximum Gasteiger partial charge on any atom is 0.410 e. The highest BCUT2D eigenvalue weighted by atomic mass is 16.6. The van der Waals surface area contributed by atoms with Crippen LogP contribution < -0.4 is 10.1 Å². The Morgan fingerprint density at radius 2 is 1.54 bits per heavy atom. The summed E-state index contributed by atoms with van der Waals surface area (Å²) in [4.78, 5) is 13.8. The van der Waals surface area contributed by atoms with Crippen molar-refractivity contribution in [2.75, 3.05) is 52.6 Å². The second-order valence-electron chi connectivity index (χ2n) is 12.5. The van der Waals surface area contributed by atoms with Crippen LogP contribution in [0, 0.1) is 0 Å². The number of hydrogen-bond acceptors (Lipinski definition) is 8. The van der Waals surface area contributed by atoms with Gasteiger partial charge in [-0.25, -0.2) is 4.79 Å². The molecule has 2 aliphatic rings. The number of aliphatic hydroxyl groups excluding tert-OH is 1. The molecule has 9 heteroatoms. The molecule has 1 amide bonds. The highest BCUT2D eigenvalue weighted by molar-refractivity contribution is 5.68. The van der Waals surface area contributed by atoms with Gasteiger partial charge in [0, 0.05) is 26.1 Å². The summed E-state index contributed by atoms with van der Waals surface area (Å²) in [6, 6.07) is 26.1. The number of rotatable bonds is 11. The number of benzene rings is 3. The lowest BCUT2D eigenvalue weighted by atomic mass is 10.0. The molecule has 2 saturated heterocycles. The Bertz CT molecular complexity index is 1310. The number of hydrogen-bond donors (Lipinski definition) is 2. The molecule has 2 heterocycles. The summed E-state index contributed by atoms with van der Waals surface area (Å²) in [6.45, 7) is 11.7. The van der Waals surface area contributed by atoms with Gasteiger partial charge in [0.1, 0.15) is 18.0 Å². The van der Waals surface area contributed by atoms with E-state index in [0.717, 1.165) is 43.0 Å². The molecule has 2 aliphatic heterocycles. The predicted octanol–water partition coefficient (Wildman–Crippen LogP) is 5.17. The Morgan fingerprint density at radius 3 is 2.24 bits per heavy atom. The third-order valence-electron chi connectivity index (χ3n) is 7.40. The van der Waals surface area contributed by atoms with E-state index in [1.165, 1.54) is 11.1 Å². The van der Waals surface area contributed by atoms with Crippen molar-refractivity contribution in [2.45, 2.75) is 64.6 Å². The molecular weight excluding hydrogens is 584 g/mol. The highest BCUT2D eigenvalue weighted by Crippen LogP contribution is 2.17. The molecule has 9 nitrogen and oxygen atoms in total. The van der Waals surface area contributed by atoms with Crippen molar-refractivity contribution in [1.29, 1.82) is 0 Å². The molecular formula is C37H50N2O7. The molecule has 3 aromatic carbocycles. The summed E-state index contributed by atoms with van der Waals surface area (Å²) in [5.74, 6) is 0.879. The third-order valence-corrected chi connectivity index (χ3v) is 7.40. The number of amides is 1. The van der Waals surface area contributed by atoms with Gasteiger partial charge in [0.05, 0.1) is 51.8 Å². The summed E-state index contributed by atoms with van der Waals surface area (Å²) >= 11 is 0. The minimum Gasteiger partial charge on any atom is -0.491 e. The molecule has 250 valence electrons. The van der Waals surface area contributed by atoms with Crippen LogP contribution in [-0.2, 0) is 45.0 Å². The summed E-state index contributed by atoms with van der Waals surface area (Å²) in [6.07, 6.45) is 1.60. The number of ether oxygens (including phenoxy) is 5. The van der Waals surface area contributed by atoms with Crippen LogP contribution in [0.15, 0.2) is 78.9 Å². The van der Waals surface area contributed by atoms with Gasteiger partial charge < -0.3 is 39.0 Å². The number of carbonyl (C=O) groups is 1. The van der Waals surface area contributed by atoms with Crippen LogP contribution in [0.5, 0.6) is 5.75 Å². The van der Waals surface area contributed by atoms with Crippen LogP contribution in [0.4, 0.5) is 4.79 Å². The van der Waals surface area contributed by atoms with Crippen molar-refractivity contribution in [3.8, 4) is 5.75 Å². The summed E-state index contributed by atoms with van der Waals surface area (Å²) in [5, 5.41) is 12.6. The first-order chi connectivity index (χ1) is 22.3. The average molecular weight is 635 g/mol. The summed E-state index contributed by atoms with van der Waals surface area (Å²) in [7, 11) is 0. The van der Waals surface area contributed by atoms with Crippen molar-refractivity contribution in [1.82, 2.24) is 10.2 Å². The van der Waals surface area contributed by atoms with E-state index in [1.807, 2.05) is 75.4 Å². The molecule has 5 rings (SSSR count). The van der Waals surface area contributed by atoms with E-state index in [0.29, 0.717) is 45.9 Å². The number of carbonyl (C=O) groups excluding carboxylic acids is 1. The van der Waals surface area contributed by atoms with E-state index in [2.05, 4.69) is 29.6 Å². The number of nitrogens with one attached hydrogen (secondary N) is 1. The Hall–Kier alpha value is -3.47. The topological polar surface area (TPSA) is 98.7 Å². The lowest BCUT2D eigenvalue weighted by molar-refractivity contribution is -0.0415. The van der Waals surface area contributed by atoms with Crippen molar-refractivity contribution >= 4 is 6.09 Å². The number of aliphatic hydroxyl groups is 1. The predicted molar refractivity (Wildman–Crippen MR) is 178 cm³/mol. The maximum absolute atomic E-state index is 12.1. The van der Waals surface area contributed by atoms with Crippen LogP contribution in [0.1, 0.15) is 43.0 Å². The molecule has 0 unspecified atom stereocenters. The molecule has 3 aromatic rings. The maximum atomic E-state index is 12.1. The molecule has 2 fully saturated rings. The van der Waals surface area contributed by atoms with Crippen LogP contribution >= 0.6 is 0 Å². The Labute approximate surface area is 273 Å². The summed E-state index contributed by atoms with van der Waals surface area (Å²) in [5.41, 5.74) is 3.99. The zero-order valence-corrected chi connectivity index (χ0v) is 27.5. The zero-order chi connectivity index (χ0) is 32.6. The molecule has 0 aromatic heterocycles. The Kier molecular flexibility index (Phi) is 14.3. The minimum atomic E-state index is -0.486. The fourth-order valence-electron chi connectivity index (χ4n) is 5.24. The van der Waals surface area contributed by atoms with Crippen molar-refractivity contribution in [3.05, 3.63) is 101 Å². The van der Waals surface area contributed by atoms with E-state index in [9.17, 15) is 9.90 Å². The van der Waals surface area contributed by atoms with Crippen LogP contribution in [0.2, 0.25) is 0 Å². The number of para-hydroxylation sites is 1. The quantitative estimate of drug-likeness (QED) is 0.279. The van der Waals surface area contributed by atoms with Gasteiger partial charge in [-0.1, -0.05) is 66.7 Å². The van der Waals surface area contributed by atoms with Gasteiger partial charge >= 0.3 is 6.09 Å². The first-order valence-electron chi connectivity index (χ1n) is 16.2. The molecule has 0 bridgehead atoms. The zero-order valence-electron chi connectivity index (χ0n) is 27.5. The Morgan fingerprint density at radius 1 is 0.870 bits per heavy atom. The molecule has 0 radical (unpaired) electrons. The van der Waals surface area contributed by atoms with E-state index < -0.39 is 5.60 Å². The van der Waals surface area contributed by atoms with Crippen LogP contribution in [0.25, 0.3) is 0 Å². The number of nitrogens with zero attached hydrogens (tertiary/aromatic N) is 1. The van der Waals surface area contributed by atoms with E-state index in [4.69, 9.17) is 23.7 Å². The lowest BCUT2D eigenvalue weighted by Crippen LogP contribution is -2.48.